The molecule has 3 aromatic rings. The van der Waals surface area contributed by atoms with Crippen molar-refractivity contribution >= 4 is 16.8 Å². The number of hydrogen-bond donors (Lipinski definition) is 2. The molecule has 0 bridgehead atoms. The first kappa shape index (κ1) is 13.4. The van der Waals surface area contributed by atoms with Gasteiger partial charge in [0.25, 0.3) is 5.91 Å². The van der Waals surface area contributed by atoms with Gasteiger partial charge in [0.15, 0.2) is 5.89 Å². The number of benzene rings is 1. The van der Waals surface area contributed by atoms with Gasteiger partial charge in [-0.25, -0.2) is 4.98 Å². The van der Waals surface area contributed by atoms with E-state index in [9.17, 15) is 4.79 Å². The van der Waals surface area contributed by atoms with Crippen LogP contribution >= 0.6 is 0 Å². The Morgan fingerprint density at radius 3 is 2.90 bits per heavy atom. The third kappa shape index (κ3) is 2.67. The van der Waals surface area contributed by atoms with E-state index in [2.05, 4.69) is 21.4 Å². The van der Waals surface area contributed by atoms with Gasteiger partial charge >= 0.3 is 0 Å². The van der Waals surface area contributed by atoms with Crippen molar-refractivity contribution in [2.24, 2.45) is 0 Å². The van der Waals surface area contributed by atoms with Gasteiger partial charge in [-0.05, 0) is 25.0 Å². The summed E-state index contributed by atoms with van der Waals surface area (Å²) in [5.41, 5.74) is 2.92. The van der Waals surface area contributed by atoms with Crippen LogP contribution in [0.1, 0.15) is 27.7 Å². The molecule has 1 aromatic carbocycles. The van der Waals surface area contributed by atoms with Gasteiger partial charge in [0, 0.05) is 30.6 Å². The van der Waals surface area contributed by atoms with Gasteiger partial charge in [0.1, 0.15) is 0 Å². The molecule has 3 rings (SSSR count). The number of oxazole rings is 1. The van der Waals surface area contributed by atoms with E-state index < -0.39 is 0 Å². The first-order valence-corrected chi connectivity index (χ1v) is 6.92. The van der Waals surface area contributed by atoms with Crippen molar-refractivity contribution < 1.29 is 9.21 Å². The van der Waals surface area contributed by atoms with E-state index >= 15 is 0 Å². The van der Waals surface area contributed by atoms with Crippen LogP contribution in [0, 0.1) is 13.8 Å². The van der Waals surface area contributed by atoms with Crippen LogP contribution in [0.25, 0.3) is 10.9 Å². The molecule has 0 fully saturated rings. The van der Waals surface area contributed by atoms with E-state index in [0.717, 1.165) is 11.9 Å². The Bertz CT molecular complexity index is 786. The normalized spacial score (nSPS) is 11.0. The largest absolute Gasteiger partial charge is 0.436 e. The van der Waals surface area contributed by atoms with Crippen molar-refractivity contribution in [1.29, 1.82) is 0 Å². The minimum Gasteiger partial charge on any atom is -0.436 e. The van der Waals surface area contributed by atoms with Crippen molar-refractivity contribution in [1.82, 2.24) is 15.3 Å². The molecule has 108 valence electrons. The number of para-hydroxylation sites is 1. The van der Waals surface area contributed by atoms with E-state index in [-0.39, 0.29) is 5.91 Å². The quantitative estimate of drug-likeness (QED) is 0.773. The standard InChI is InChI=1S/C16H17N3O2/c1-10-15(21-11(2)19-10)16(20)17-8-7-12-9-18-14-6-4-3-5-13(12)14/h3-6,9,18H,7-8H2,1-2H3,(H,17,20). The fourth-order valence-electron chi connectivity index (χ4n) is 2.47. The number of amides is 1. The summed E-state index contributed by atoms with van der Waals surface area (Å²) in [5, 5.41) is 4.06. The summed E-state index contributed by atoms with van der Waals surface area (Å²) in [7, 11) is 0. The molecule has 0 saturated carbocycles. The summed E-state index contributed by atoms with van der Waals surface area (Å²) in [6.07, 6.45) is 2.75. The van der Waals surface area contributed by atoms with E-state index in [4.69, 9.17) is 4.42 Å². The number of rotatable bonds is 4. The van der Waals surface area contributed by atoms with Crippen LogP contribution < -0.4 is 5.32 Å². The molecule has 0 spiro atoms. The zero-order valence-corrected chi connectivity index (χ0v) is 12.1. The van der Waals surface area contributed by atoms with Crippen molar-refractivity contribution in [2.45, 2.75) is 20.3 Å². The number of aromatic nitrogens is 2. The monoisotopic (exact) mass is 283 g/mol. The number of aryl methyl sites for hydroxylation is 2. The van der Waals surface area contributed by atoms with E-state index in [1.54, 1.807) is 13.8 Å². The Hall–Kier alpha value is -2.56. The summed E-state index contributed by atoms with van der Waals surface area (Å²) >= 11 is 0. The van der Waals surface area contributed by atoms with Gasteiger partial charge in [-0.2, -0.15) is 0 Å². The summed E-state index contributed by atoms with van der Waals surface area (Å²) in [6, 6.07) is 8.13. The lowest BCUT2D eigenvalue weighted by molar-refractivity contribution is 0.0924. The van der Waals surface area contributed by atoms with Gasteiger partial charge in [0.2, 0.25) is 5.76 Å². The topological polar surface area (TPSA) is 70.9 Å². The van der Waals surface area contributed by atoms with Crippen molar-refractivity contribution in [3.05, 3.63) is 53.4 Å². The second-order valence-electron chi connectivity index (χ2n) is 5.01. The molecule has 5 nitrogen and oxygen atoms in total. The Labute approximate surface area is 122 Å². The zero-order valence-electron chi connectivity index (χ0n) is 12.1. The molecule has 2 N–H and O–H groups in total. The van der Waals surface area contributed by atoms with E-state index in [1.165, 1.54) is 10.9 Å². The zero-order chi connectivity index (χ0) is 14.8. The van der Waals surface area contributed by atoms with Gasteiger partial charge in [-0.15, -0.1) is 0 Å². The highest BCUT2D eigenvalue weighted by Gasteiger charge is 2.15. The van der Waals surface area contributed by atoms with Crippen LogP contribution in [0.5, 0.6) is 0 Å². The van der Waals surface area contributed by atoms with Crippen LogP contribution in [0.2, 0.25) is 0 Å². The van der Waals surface area contributed by atoms with E-state index in [0.29, 0.717) is 23.9 Å². The summed E-state index contributed by atoms with van der Waals surface area (Å²) in [4.78, 5) is 19.3. The molecule has 0 atom stereocenters. The fourth-order valence-corrected chi connectivity index (χ4v) is 2.47. The maximum Gasteiger partial charge on any atom is 0.289 e. The molecule has 0 aliphatic carbocycles. The Kier molecular flexibility index (Phi) is 3.48. The molecule has 5 heteroatoms. The molecular formula is C16H17N3O2. The molecular weight excluding hydrogens is 266 g/mol. The second-order valence-corrected chi connectivity index (χ2v) is 5.01. The molecule has 21 heavy (non-hydrogen) atoms. The first-order valence-electron chi connectivity index (χ1n) is 6.92. The number of nitrogens with zero attached hydrogens (tertiary/aromatic N) is 1. The maximum atomic E-state index is 12.0. The first-order chi connectivity index (χ1) is 10.1. The van der Waals surface area contributed by atoms with Crippen LogP contribution in [0.4, 0.5) is 0 Å². The fraction of sp³-hybridized carbons (Fsp3) is 0.250. The smallest absolute Gasteiger partial charge is 0.289 e. The number of H-pyrrole nitrogens is 1. The third-order valence-corrected chi connectivity index (χ3v) is 3.46. The molecule has 0 aliphatic rings. The molecule has 2 heterocycles. The number of aromatic amines is 1. The summed E-state index contributed by atoms with van der Waals surface area (Å²) in [6.45, 7) is 4.06. The molecule has 0 radical (unpaired) electrons. The Morgan fingerprint density at radius 1 is 1.33 bits per heavy atom. The SMILES string of the molecule is Cc1nc(C)c(C(=O)NCCc2c[nH]c3ccccc23)o1. The third-order valence-electron chi connectivity index (χ3n) is 3.46. The Balaban J connectivity index is 1.64. The van der Waals surface area contributed by atoms with Crippen molar-refractivity contribution in [2.75, 3.05) is 6.54 Å². The van der Waals surface area contributed by atoms with Crippen molar-refractivity contribution in [3.63, 3.8) is 0 Å². The molecule has 0 saturated heterocycles. The lowest BCUT2D eigenvalue weighted by Crippen LogP contribution is -2.25. The number of fused-ring (bicyclic) bond motifs is 1. The van der Waals surface area contributed by atoms with Crippen LogP contribution in [-0.2, 0) is 6.42 Å². The minimum atomic E-state index is -0.215. The highest BCUT2D eigenvalue weighted by molar-refractivity contribution is 5.92. The van der Waals surface area contributed by atoms with E-state index in [1.807, 2.05) is 24.4 Å². The molecule has 2 aromatic heterocycles. The van der Waals surface area contributed by atoms with Crippen LogP contribution in [0.3, 0.4) is 0 Å². The van der Waals surface area contributed by atoms with Gasteiger partial charge in [-0.1, -0.05) is 18.2 Å². The second kappa shape index (κ2) is 5.44. The molecule has 0 aliphatic heterocycles. The average molecular weight is 283 g/mol. The lowest BCUT2D eigenvalue weighted by atomic mass is 10.1. The number of nitrogens with one attached hydrogen (secondary N) is 2. The number of carbonyl (C=O) groups is 1. The predicted molar refractivity (Wildman–Crippen MR) is 80.3 cm³/mol. The highest BCUT2D eigenvalue weighted by Crippen LogP contribution is 2.17. The van der Waals surface area contributed by atoms with Gasteiger partial charge < -0.3 is 14.7 Å². The highest BCUT2D eigenvalue weighted by atomic mass is 16.4. The van der Waals surface area contributed by atoms with Gasteiger partial charge in [-0.3, -0.25) is 4.79 Å². The van der Waals surface area contributed by atoms with Gasteiger partial charge in [0.05, 0.1) is 5.69 Å². The maximum absolute atomic E-state index is 12.0. The predicted octanol–water partition coefficient (Wildman–Crippen LogP) is 2.75. The molecule has 0 unspecified atom stereocenters. The molecule has 1 amide bonds. The van der Waals surface area contributed by atoms with Crippen LogP contribution in [0.15, 0.2) is 34.9 Å². The lowest BCUT2D eigenvalue weighted by Gasteiger charge is -2.03. The van der Waals surface area contributed by atoms with Crippen LogP contribution in [-0.4, -0.2) is 22.4 Å². The van der Waals surface area contributed by atoms with Crippen molar-refractivity contribution in [3.8, 4) is 0 Å². The summed E-state index contributed by atoms with van der Waals surface area (Å²) < 4.78 is 5.30. The minimum absolute atomic E-state index is 0.215. The summed E-state index contributed by atoms with van der Waals surface area (Å²) in [5.74, 6) is 0.591. The Morgan fingerprint density at radius 2 is 2.14 bits per heavy atom. The number of carbonyl (C=O) groups excluding carboxylic acids is 1. The average Bonchev–Trinajstić information content (AvgIpc) is 3.02. The number of hydrogen-bond acceptors (Lipinski definition) is 3.